The molecule has 0 fully saturated rings. The third-order valence-corrected chi connectivity index (χ3v) is 4.41. The molecule has 1 aromatic heterocycles. The smallest absolute Gasteiger partial charge is 0.404 e. The number of rotatable bonds is 5. The first-order valence-electron chi connectivity index (χ1n) is 6.31. The molecule has 1 N–H and O–H groups in total. The topological polar surface area (TPSA) is 86.1 Å². The maximum absolute atomic E-state index is 12.4. The van der Waals surface area contributed by atoms with Crippen molar-refractivity contribution in [2.45, 2.75) is 24.2 Å². The number of alkyl halides is 3. The molecule has 0 radical (unpaired) electrons. The predicted octanol–water partition coefficient (Wildman–Crippen LogP) is 1.75. The summed E-state index contributed by atoms with van der Waals surface area (Å²) in [5, 5.41) is 7.37. The summed E-state index contributed by atoms with van der Waals surface area (Å²) in [7, 11) is -2.65. The van der Waals surface area contributed by atoms with Crippen LogP contribution in [0.25, 0.3) is 0 Å². The van der Waals surface area contributed by atoms with Crippen molar-refractivity contribution in [3.63, 3.8) is 0 Å². The van der Waals surface area contributed by atoms with Crippen molar-refractivity contribution in [3.05, 3.63) is 36.4 Å². The van der Waals surface area contributed by atoms with Crippen LogP contribution in [0.4, 0.5) is 13.2 Å². The second-order valence-electron chi connectivity index (χ2n) is 4.64. The number of benzene rings is 1. The Kier molecular flexibility index (Phi) is 4.61. The first kappa shape index (κ1) is 17.2. The van der Waals surface area contributed by atoms with E-state index in [1.54, 1.807) is 7.05 Å². The summed E-state index contributed by atoms with van der Waals surface area (Å²) in [5.74, 6) is -0.500. The molecule has 11 heteroatoms. The van der Waals surface area contributed by atoms with Gasteiger partial charge in [0, 0.05) is 7.05 Å². The second-order valence-corrected chi connectivity index (χ2v) is 6.32. The Labute approximate surface area is 130 Å². The summed E-state index contributed by atoms with van der Waals surface area (Å²) in [6, 6.07) is 3.69. The zero-order chi connectivity index (χ0) is 17.3. The molecule has 126 valence electrons. The van der Waals surface area contributed by atoms with Crippen LogP contribution >= 0.6 is 0 Å². The highest BCUT2D eigenvalue weighted by Gasteiger charge is 2.34. The van der Waals surface area contributed by atoms with Crippen LogP contribution in [0.5, 0.6) is 5.75 Å². The molecule has 0 aliphatic heterocycles. The third-order valence-electron chi connectivity index (χ3n) is 2.83. The Bertz CT molecular complexity index is 789. The van der Waals surface area contributed by atoms with Gasteiger partial charge < -0.3 is 9.30 Å². The molecule has 23 heavy (non-hydrogen) atoms. The van der Waals surface area contributed by atoms with Crippen molar-refractivity contribution in [2.75, 3.05) is 0 Å². The number of aromatic nitrogens is 3. The Balaban J connectivity index is 2.32. The van der Waals surface area contributed by atoms with Crippen LogP contribution in [0, 0.1) is 0 Å². The summed E-state index contributed by atoms with van der Waals surface area (Å²) in [6.07, 6.45) is -3.62. The lowest BCUT2D eigenvalue weighted by Crippen LogP contribution is -2.29. The standard InChI is InChI=1S/C12H13F3N4O3S/c1-8(11-17-16-7-19(11)2)18-23(20,21)10-6-4-3-5-9(10)22-12(13,14)15/h3-8,18H,1-2H3. The monoisotopic (exact) mass is 350 g/mol. The summed E-state index contributed by atoms with van der Waals surface area (Å²) < 4.78 is 69.3. The minimum Gasteiger partial charge on any atom is -0.404 e. The predicted molar refractivity (Wildman–Crippen MR) is 72.9 cm³/mol. The van der Waals surface area contributed by atoms with Gasteiger partial charge in [-0.05, 0) is 19.1 Å². The molecule has 0 aliphatic carbocycles. The highest BCUT2D eigenvalue weighted by atomic mass is 32.2. The SMILES string of the molecule is CC(NS(=O)(=O)c1ccccc1OC(F)(F)F)c1nncn1C. The lowest BCUT2D eigenvalue weighted by Gasteiger charge is -2.16. The second kappa shape index (κ2) is 6.16. The number of para-hydroxylation sites is 1. The Morgan fingerprint density at radius 2 is 1.96 bits per heavy atom. The van der Waals surface area contributed by atoms with E-state index < -0.39 is 33.1 Å². The van der Waals surface area contributed by atoms with Crippen molar-refractivity contribution < 1.29 is 26.3 Å². The molecular weight excluding hydrogens is 337 g/mol. The van der Waals surface area contributed by atoms with Crippen molar-refractivity contribution in [1.82, 2.24) is 19.5 Å². The number of nitrogens with zero attached hydrogens (tertiary/aromatic N) is 3. The first-order chi connectivity index (χ1) is 10.6. The van der Waals surface area contributed by atoms with Crippen LogP contribution in [-0.2, 0) is 17.1 Å². The van der Waals surface area contributed by atoms with Crippen LogP contribution < -0.4 is 9.46 Å². The zero-order valence-corrected chi connectivity index (χ0v) is 12.9. The van der Waals surface area contributed by atoms with E-state index in [2.05, 4.69) is 19.7 Å². The average Bonchev–Trinajstić information content (AvgIpc) is 2.83. The molecule has 0 aliphatic rings. The van der Waals surface area contributed by atoms with Gasteiger partial charge in [0.25, 0.3) is 0 Å². The largest absolute Gasteiger partial charge is 0.573 e. The van der Waals surface area contributed by atoms with Gasteiger partial charge in [-0.15, -0.1) is 23.4 Å². The number of hydrogen-bond acceptors (Lipinski definition) is 5. The van der Waals surface area contributed by atoms with Gasteiger partial charge in [0.15, 0.2) is 0 Å². The molecule has 1 aromatic carbocycles. The molecule has 1 unspecified atom stereocenters. The summed E-state index contributed by atoms with van der Waals surface area (Å²) in [6.45, 7) is 1.49. The molecule has 0 saturated heterocycles. The normalized spacial score (nSPS) is 13.8. The Morgan fingerprint density at radius 3 is 2.52 bits per heavy atom. The lowest BCUT2D eigenvalue weighted by molar-refractivity contribution is -0.275. The molecule has 0 bridgehead atoms. The van der Waals surface area contributed by atoms with E-state index in [1.165, 1.54) is 30.0 Å². The quantitative estimate of drug-likeness (QED) is 0.888. The minimum absolute atomic E-state index is 0.308. The zero-order valence-electron chi connectivity index (χ0n) is 12.1. The Morgan fingerprint density at radius 1 is 1.30 bits per heavy atom. The van der Waals surface area contributed by atoms with E-state index in [0.717, 1.165) is 12.1 Å². The van der Waals surface area contributed by atoms with Crippen molar-refractivity contribution in [3.8, 4) is 5.75 Å². The van der Waals surface area contributed by atoms with Crippen LogP contribution in [0.1, 0.15) is 18.8 Å². The van der Waals surface area contributed by atoms with E-state index in [-0.39, 0.29) is 0 Å². The van der Waals surface area contributed by atoms with Crippen LogP contribution in [0.15, 0.2) is 35.5 Å². The average molecular weight is 350 g/mol. The molecule has 0 spiro atoms. The fourth-order valence-electron chi connectivity index (χ4n) is 1.91. The summed E-state index contributed by atoms with van der Waals surface area (Å²) >= 11 is 0. The van der Waals surface area contributed by atoms with Crippen LogP contribution in [0.2, 0.25) is 0 Å². The van der Waals surface area contributed by atoms with Crippen LogP contribution in [0.3, 0.4) is 0 Å². The molecule has 1 heterocycles. The molecule has 0 saturated carbocycles. The molecule has 7 nitrogen and oxygen atoms in total. The maximum Gasteiger partial charge on any atom is 0.573 e. The Hall–Kier alpha value is -2.14. The molecule has 1 atom stereocenters. The van der Waals surface area contributed by atoms with E-state index in [9.17, 15) is 21.6 Å². The lowest BCUT2D eigenvalue weighted by atomic mass is 10.3. The number of nitrogens with one attached hydrogen (secondary N) is 1. The fraction of sp³-hybridized carbons (Fsp3) is 0.333. The number of halogens is 3. The van der Waals surface area contributed by atoms with E-state index in [1.807, 2.05) is 0 Å². The van der Waals surface area contributed by atoms with Gasteiger partial charge in [-0.2, -0.15) is 0 Å². The van der Waals surface area contributed by atoms with Gasteiger partial charge in [-0.25, -0.2) is 13.1 Å². The van der Waals surface area contributed by atoms with Gasteiger partial charge in [-0.1, -0.05) is 12.1 Å². The number of sulfonamides is 1. The summed E-state index contributed by atoms with van der Waals surface area (Å²) in [4.78, 5) is -0.619. The van der Waals surface area contributed by atoms with Gasteiger partial charge in [0.05, 0.1) is 6.04 Å². The number of ether oxygens (including phenoxy) is 1. The van der Waals surface area contributed by atoms with Crippen molar-refractivity contribution >= 4 is 10.0 Å². The number of hydrogen-bond donors (Lipinski definition) is 1. The van der Waals surface area contributed by atoms with E-state index in [0.29, 0.717) is 5.82 Å². The minimum atomic E-state index is -5.00. The van der Waals surface area contributed by atoms with E-state index in [4.69, 9.17) is 0 Å². The van der Waals surface area contributed by atoms with Gasteiger partial charge in [0.1, 0.15) is 22.8 Å². The fourth-order valence-corrected chi connectivity index (χ4v) is 3.24. The van der Waals surface area contributed by atoms with Crippen molar-refractivity contribution in [2.24, 2.45) is 7.05 Å². The van der Waals surface area contributed by atoms with E-state index >= 15 is 0 Å². The highest BCUT2D eigenvalue weighted by molar-refractivity contribution is 7.89. The maximum atomic E-state index is 12.4. The highest BCUT2D eigenvalue weighted by Crippen LogP contribution is 2.29. The first-order valence-corrected chi connectivity index (χ1v) is 7.79. The van der Waals surface area contributed by atoms with Gasteiger partial charge in [0.2, 0.25) is 10.0 Å². The molecule has 2 aromatic rings. The van der Waals surface area contributed by atoms with Gasteiger partial charge in [-0.3, -0.25) is 0 Å². The van der Waals surface area contributed by atoms with Gasteiger partial charge >= 0.3 is 6.36 Å². The molecule has 0 amide bonds. The van der Waals surface area contributed by atoms with Crippen molar-refractivity contribution in [1.29, 1.82) is 0 Å². The van der Waals surface area contributed by atoms with Crippen LogP contribution in [-0.4, -0.2) is 29.5 Å². The molecular formula is C12H13F3N4O3S. The summed E-state index contributed by atoms with van der Waals surface area (Å²) in [5.41, 5.74) is 0. The third kappa shape index (κ3) is 4.20. The molecule has 2 rings (SSSR count). The number of aryl methyl sites for hydroxylation is 1.